The minimum absolute atomic E-state index is 0.212. The van der Waals surface area contributed by atoms with E-state index < -0.39 is 0 Å². The summed E-state index contributed by atoms with van der Waals surface area (Å²) >= 11 is 7.84. The van der Waals surface area contributed by atoms with Crippen LogP contribution in [0.3, 0.4) is 0 Å². The van der Waals surface area contributed by atoms with E-state index in [0.29, 0.717) is 15.6 Å². The zero-order chi connectivity index (χ0) is 19.1. The number of carbonyl (C=O) groups is 1. The average molecular weight is 396 g/mol. The number of aryl methyl sites for hydroxylation is 2. The van der Waals surface area contributed by atoms with Gasteiger partial charge in [0, 0.05) is 10.1 Å². The molecule has 0 aliphatic rings. The van der Waals surface area contributed by atoms with Crippen LogP contribution in [-0.4, -0.2) is 15.7 Å². The van der Waals surface area contributed by atoms with E-state index in [-0.39, 0.29) is 5.91 Å². The normalized spacial score (nSPS) is 11.1. The lowest BCUT2D eigenvalue weighted by molar-refractivity contribution is 0.103. The molecule has 0 unspecified atom stereocenters. The number of nitrogens with one attached hydrogen (secondary N) is 1. The van der Waals surface area contributed by atoms with Gasteiger partial charge in [-0.25, -0.2) is 4.68 Å². The van der Waals surface area contributed by atoms with Crippen molar-refractivity contribution in [3.8, 4) is 5.69 Å². The lowest BCUT2D eigenvalue weighted by atomic mass is 10.2. The van der Waals surface area contributed by atoms with Crippen molar-refractivity contribution in [3.05, 3.63) is 75.4 Å². The van der Waals surface area contributed by atoms with Crippen molar-refractivity contribution in [2.45, 2.75) is 20.8 Å². The van der Waals surface area contributed by atoms with E-state index >= 15 is 0 Å². The summed E-state index contributed by atoms with van der Waals surface area (Å²) in [5, 5.41) is 8.99. The molecule has 4 rings (SSSR count). The maximum absolute atomic E-state index is 12.9. The number of fused-ring (bicyclic) bond motifs is 1. The van der Waals surface area contributed by atoms with Gasteiger partial charge in [0.15, 0.2) is 0 Å². The summed E-state index contributed by atoms with van der Waals surface area (Å²) in [6.45, 7) is 5.88. The smallest absolute Gasteiger partial charge is 0.267 e. The highest BCUT2D eigenvalue weighted by molar-refractivity contribution is 7.21. The van der Waals surface area contributed by atoms with Crippen molar-refractivity contribution < 1.29 is 4.79 Å². The van der Waals surface area contributed by atoms with Crippen LogP contribution in [0.2, 0.25) is 5.02 Å². The summed E-state index contributed by atoms with van der Waals surface area (Å²) in [7, 11) is 0. The summed E-state index contributed by atoms with van der Waals surface area (Å²) in [6.07, 6.45) is 0. The summed E-state index contributed by atoms with van der Waals surface area (Å²) in [5.41, 5.74) is 4.50. The predicted molar refractivity (Wildman–Crippen MR) is 113 cm³/mol. The Hall–Kier alpha value is -2.63. The van der Waals surface area contributed by atoms with Gasteiger partial charge in [-0.3, -0.25) is 4.79 Å². The number of thiophene rings is 1. The molecular formula is C21H18ClN3OS. The minimum Gasteiger partial charge on any atom is -0.318 e. The number of hydrogen-bond donors (Lipinski definition) is 1. The second-order valence-electron chi connectivity index (χ2n) is 6.49. The van der Waals surface area contributed by atoms with Gasteiger partial charge in [-0.1, -0.05) is 47.5 Å². The van der Waals surface area contributed by atoms with Crippen molar-refractivity contribution in [2.75, 3.05) is 5.32 Å². The fourth-order valence-corrected chi connectivity index (χ4v) is 4.50. The highest BCUT2D eigenvalue weighted by Gasteiger charge is 2.20. The van der Waals surface area contributed by atoms with Gasteiger partial charge in [0.2, 0.25) is 0 Å². The summed E-state index contributed by atoms with van der Waals surface area (Å²) < 4.78 is 2.84. The number of anilines is 1. The molecule has 0 atom stereocenters. The van der Waals surface area contributed by atoms with Gasteiger partial charge < -0.3 is 5.32 Å². The molecule has 4 nitrogen and oxygen atoms in total. The molecule has 2 heterocycles. The number of hydrogen-bond acceptors (Lipinski definition) is 3. The van der Waals surface area contributed by atoms with Crippen LogP contribution in [0.25, 0.3) is 15.8 Å². The number of nitrogens with zero attached hydrogens (tertiary/aromatic N) is 2. The lowest BCUT2D eigenvalue weighted by Crippen LogP contribution is -2.12. The number of amides is 1. The zero-order valence-corrected chi connectivity index (χ0v) is 16.8. The van der Waals surface area contributed by atoms with E-state index in [4.69, 9.17) is 11.6 Å². The first-order valence-electron chi connectivity index (χ1n) is 8.57. The molecule has 1 N–H and O–H groups in total. The van der Waals surface area contributed by atoms with Gasteiger partial charge in [0.25, 0.3) is 5.91 Å². The van der Waals surface area contributed by atoms with Gasteiger partial charge in [-0.05, 0) is 39.0 Å². The SMILES string of the molecule is Cc1ccc(-n2nc(C)c(NC(=O)c3sc4ccccc4c3Cl)c2C)cc1. The molecule has 0 bridgehead atoms. The van der Waals surface area contributed by atoms with Crippen LogP contribution in [-0.2, 0) is 0 Å². The minimum atomic E-state index is -0.212. The molecule has 0 saturated carbocycles. The largest absolute Gasteiger partial charge is 0.318 e. The number of carbonyl (C=O) groups excluding carboxylic acids is 1. The second-order valence-corrected chi connectivity index (χ2v) is 7.92. The molecule has 2 aromatic carbocycles. The Balaban J connectivity index is 1.69. The zero-order valence-electron chi connectivity index (χ0n) is 15.2. The molecule has 0 spiro atoms. The maximum Gasteiger partial charge on any atom is 0.267 e. The molecule has 27 heavy (non-hydrogen) atoms. The van der Waals surface area contributed by atoms with E-state index in [2.05, 4.69) is 10.4 Å². The molecule has 4 aromatic rings. The van der Waals surface area contributed by atoms with Crippen LogP contribution in [0.5, 0.6) is 0 Å². The molecule has 0 aliphatic heterocycles. The Morgan fingerprint density at radius 2 is 1.78 bits per heavy atom. The fraction of sp³-hybridized carbons (Fsp3) is 0.143. The van der Waals surface area contributed by atoms with Gasteiger partial charge in [0.1, 0.15) is 4.88 Å². The standard InChI is InChI=1S/C21H18ClN3OS/c1-12-8-10-15(11-9-12)25-14(3)19(13(2)24-25)23-21(26)20-18(22)16-6-4-5-7-17(16)27-20/h4-11H,1-3H3,(H,23,26). The van der Waals surface area contributed by atoms with Crippen LogP contribution in [0, 0.1) is 20.8 Å². The monoisotopic (exact) mass is 395 g/mol. The Bertz CT molecular complexity index is 1160. The first-order chi connectivity index (χ1) is 13.0. The van der Waals surface area contributed by atoms with E-state index in [1.807, 2.05) is 74.0 Å². The van der Waals surface area contributed by atoms with E-state index in [1.54, 1.807) is 0 Å². The van der Waals surface area contributed by atoms with E-state index in [1.165, 1.54) is 16.9 Å². The molecule has 0 radical (unpaired) electrons. The van der Waals surface area contributed by atoms with Gasteiger partial charge in [-0.2, -0.15) is 5.10 Å². The van der Waals surface area contributed by atoms with E-state index in [0.717, 1.165) is 27.2 Å². The molecule has 0 saturated heterocycles. The molecule has 0 aliphatic carbocycles. The van der Waals surface area contributed by atoms with Crippen molar-refractivity contribution in [1.82, 2.24) is 9.78 Å². The highest BCUT2D eigenvalue weighted by Crippen LogP contribution is 2.36. The molecular weight excluding hydrogens is 378 g/mol. The van der Waals surface area contributed by atoms with Crippen molar-refractivity contribution in [2.24, 2.45) is 0 Å². The van der Waals surface area contributed by atoms with Gasteiger partial charge in [-0.15, -0.1) is 11.3 Å². The first-order valence-corrected chi connectivity index (χ1v) is 9.77. The van der Waals surface area contributed by atoms with Crippen molar-refractivity contribution in [3.63, 3.8) is 0 Å². The van der Waals surface area contributed by atoms with Gasteiger partial charge >= 0.3 is 0 Å². The second kappa shape index (κ2) is 6.83. The quantitative estimate of drug-likeness (QED) is 0.468. The average Bonchev–Trinajstić information content (AvgIpc) is 3.14. The predicted octanol–water partition coefficient (Wildman–Crippen LogP) is 5.92. The third-order valence-corrected chi connectivity index (χ3v) is 6.22. The molecule has 6 heteroatoms. The highest BCUT2D eigenvalue weighted by atomic mass is 35.5. The van der Waals surface area contributed by atoms with Crippen molar-refractivity contribution >= 4 is 44.6 Å². The number of halogens is 1. The number of benzene rings is 2. The maximum atomic E-state index is 12.9. The van der Waals surface area contributed by atoms with Gasteiger partial charge in [0.05, 0.1) is 27.8 Å². The van der Waals surface area contributed by atoms with Crippen LogP contribution >= 0.6 is 22.9 Å². The summed E-state index contributed by atoms with van der Waals surface area (Å²) in [5.74, 6) is -0.212. The van der Waals surface area contributed by atoms with Crippen LogP contribution < -0.4 is 5.32 Å². The first kappa shape index (κ1) is 17.8. The molecule has 2 aromatic heterocycles. The lowest BCUT2D eigenvalue weighted by Gasteiger charge is -2.07. The number of aromatic nitrogens is 2. The Kier molecular flexibility index (Phi) is 4.50. The Morgan fingerprint density at radius 3 is 2.48 bits per heavy atom. The van der Waals surface area contributed by atoms with Crippen LogP contribution in [0.4, 0.5) is 5.69 Å². The summed E-state index contributed by atoms with van der Waals surface area (Å²) in [4.78, 5) is 13.4. The number of rotatable bonds is 3. The van der Waals surface area contributed by atoms with Crippen LogP contribution in [0.15, 0.2) is 48.5 Å². The molecule has 136 valence electrons. The van der Waals surface area contributed by atoms with Crippen LogP contribution in [0.1, 0.15) is 26.6 Å². The fourth-order valence-electron chi connectivity index (χ4n) is 3.09. The molecule has 1 amide bonds. The van der Waals surface area contributed by atoms with Crippen molar-refractivity contribution in [1.29, 1.82) is 0 Å². The van der Waals surface area contributed by atoms with E-state index in [9.17, 15) is 4.79 Å². The summed E-state index contributed by atoms with van der Waals surface area (Å²) in [6, 6.07) is 15.9. The Labute approximate surface area is 166 Å². The topological polar surface area (TPSA) is 46.9 Å². The molecule has 0 fully saturated rings. The third-order valence-electron chi connectivity index (χ3n) is 4.55. The Morgan fingerprint density at radius 1 is 1.07 bits per heavy atom. The third kappa shape index (κ3) is 3.13.